The maximum Gasteiger partial charge on any atom is 0.332 e. The van der Waals surface area contributed by atoms with E-state index in [9.17, 15) is 9.59 Å². The third-order valence-electron chi connectivity index (χ3n) is 3.06. The lowest BCUT2D eigenvalue weighted by molar-refractivity contribution is 0.584. The van der Waals surface area contributed by atoms with Gasteiger partial charge in [-0.25, -0.2) is 4.79 Å². The Morgan fingerprint density at radius 3 is 2.68 bits per heavy atom. The summed E-state index contributed by atoms with van der Waals surface area (Å²) in [7, 11) is 1.49. The summed E-state index contributed by atoms with van der Waals surface area (Å²) in [5, 5.41) is 3.02. The second kappa shape index (κ2) is 5.29. The molecular weight excluding hydrogens is 246 g/mol. The number of aryl methyl sites for hydroxylation is 1. The minimum atomic E-state index is -0.343. The van der Waals surface area contributed by atoms with Crippen LogP contribution in [-0.2, 0) is 13.6 Å². The summed E-state index contributed by atoms with van der Waals surface area (Å²) in [5.41, 5.74) is 0.136. The zero-order valence-corrected chi connectivity index (χ0v) is 11.5. The van der Waals surface area contributed by atoms with Gasteiger partial charge in [-0.05, 0) is 13.3 Å². The standard InChI is InChI=1S/C12H19N5O2/c1-4-6-7-17-9-8(10(18)16(3)12(17)19)14-11(15-9)13-5-2/h4-7H2,1-3H3,(H2,13,14,15). The van der Waals surface area contributed by atoms with Crippen molar-refractivity contribution in [1.29, 1.82) is 0 Å². The number of imidazole rings is 1. The van der Waals surface area contributed by atoms with Gasteiger partial charge in [-0.1, -0.05) is 13.3 Å². The van der Waals surface area contributed by atoms with E-state index in [2.05, 4.69) is 22.2 Å². The van der Waals surface area contributed by atoms with Gasteiger partial charge < -0.3 is 10.3 Å². The third kappa shape index (κ3) is 2.27. The van der Waals surface area contributed by atoms with Crippen LogP contribution >= 0.6 is 0 Å². The van der Waals surface area contributed by atoms with Gasteiger partial charge in [0, 0.05) is 20.1 Å². The minimum Gasteiger partial charge on any atom is -0.356 e. The van der Waals surface area contributed by atoms with Crippen molar-refractivity contribution in [3.8, 4) is 0 Å². The summed E-state index contributed by atoms with van der Waals surface area (Å²) < 4.78 is 2.67. The van der Waals surface area contributed by atoms with Crippen molar-refractivity contribution in [1.82, 2.24) is 19.1 Å². The fraction of sp³-hybridized carbons (Fsp3) is 0.583. The van der Waals surface area contributed by atoms with Crippen molar-refractivity contribution in [2.24, 2.45) is 7.05 Å². The van der Waals surface area contributed by atoms with Crippen molar-refractivity contribution in [2.45, 2.75) is 33.2 Å². The molecule has 0 saturated carbocycles. The quantitative estimate of drug-likeness (QED) is 0.831. The summed E-state index contributed by atoms with van der Waals surface area (Å²) in [6, 6.07) is 0. The van der Waals surface area contributed by atoms with E-state index in [4.69, 9.17) is 0 Å². The molecule has 0 fully saturated rings. The number of unbranched alkanes of at least 4 members (excludes halogenated alkanes) is 1. The second-order valence-corrected chi connectivity index (χ2v) is 4.47. The number of fused-ring (bicyclic) bond motifs is 1. The summed E-state index contributed by atoms with van der Waals surface area (Å²) in [6.45, 7) is 5.25. The lowest BCUT2D eigenvalue weighted by Crippen LogP contribution is -2.38. The zero-order valence-electron chi connectivity index (χ0n) is 11.5. The molecule has 2 aromatic heterocycles. The van der Waals surface area contributed by atoms with Gasteiger partial charge in [0.2, 0.25) is 5.95 Å². The van der Waals surface area contributed by atoms with Crippen LogP contribution < -0.4 is 16.6 Å². The van der Waals surface area contributed by atoms with Gasteiger partial charge in [0.15, 0.2) is 11.2 Å². The average Bonchev–Trinajstić information content (AvgIpc) is 2.80. The van der Waals surface area contributed by atoms with Crippen LogP contribution in [0, 0.1) is 0 Å². The van der Waals surface area contributed by atoms with E-state index in [0.717, 1.165) is 17.4 Å². The summed E-state index contributed by atoms with van der Waals surface area (Å²) >= 11 is 0. The highest BCUT2D eigenvalue weighted by atomic mass is 16.2. The first-order valence-corrected chi connectivity index (χ1v) is 6.53. The number of H-pyrrole nitrogens is 1. The molecule has 0 atom stereocenters. The van der Waals surface area contributed by atoms with Crippen LogP contribution in [0.15, 0.2) is 9.59 Å². The van der Waals surface area contributed by atoms with Crippen LogP contribution in [0.25, 0.3) is 11.2 Å². The van der Waals surface area contributed by atoms with Crippen LogP contribution in [0.1, 0.15) is 26.7 Å². The first-order chi connectivity index (χ1) is 9.10. The van der Waals surface area contributed by atoms with Crippen LogP contribution in [-0.4, -0.2) is 25.6 Å². The summed E-state index contributed by atoms with van der Waals surface area (Å²) in [5.74, 6) is 0.519. The normalized spacial score (nSPS) is 11.1. The Balaban J connectivity index is 2.70. The van der Waals surface area contributed by atoms with Crippen LogP contribution in [0.2, 0.25) is 0 Å². The lowest BCUT2D eigenvalue weighted by Gasteiger charge is -2.07. The molecule has 104 valence electrons. The number of anilines is 1. The topological polar surface area (TPSA) is 84.7 Å². The van der Waals surface area contributed by atoms with Crippen LogP contribution in [0.3, 0.4) is 0 Å². The van der Waals surface area contributed by atoms with Gasteiger partial charge in [-0.2, -0.15) is 4.98 Å². The second-order valence-electron chi connectivity index (χ2n) is 4.47. The van der Waals surface area contributed by atoms with E-state index in [0.29, 0.717) is 30.2 Å². The molecule has 0 unspecified atom stereocenters. The molecule has 19 heavy (non-hydrogen) atoms. The molecule has 0 radical (unpaired) electrons. The molecule has 2 N–H and O–H groups in total. The Bertz CT molecular complexity index is 694. The van der Waals surface area contributed by atoms with Gasteiger partial charge in [-0.15, -0.1) is 0 Å². The van der Waals surface area contributed by atoms with Gasteiger partial charge in [-0.3, -0.25) is 13.9 Å². The number of nitrogens with zero attached hydrogens (tertiary/aromatic N) is 3. The van der Waals surface area contributed by atoms with Gasteiger partial charge >= 0.3 is 5.69 Å². The zero-order chi connectivity index (χ0) is 14.0. The third-order valence-corrected chi connectivity index (χ3v) is 3.06. The maximum atomic E-state index is 12.1. The average molecular weight is 265 g/mol. The molecule has 7 nitrogen and oxygen atoms in total. The Morgan fingerprint density at radius 1 is 1.32 bits per heavy atom. The Kier molecular flexibility index (Phi) is 3.73. The van der Waals surface area contributed by atoms with Crippen molar-refractivity contribution in [3.05, 3.63) is 20.8 Å². The Hall–Kier alpha value is -2.05. The van der Waals surface area contributed by atoms with Crippen molar-refractivity contribution in [3.63, 3.8) is 0 Å². The highest BCUT2D eigenvalue weighted by Gasteiger charge is 2.14. The fourth-order valence-electron chi connectivity index (χ4n) is 2.00. The molecule has 0 aliphatic rings. The van der Waals surface area contributed by atoms with Crippen molar-refractivity contribution >= 4 is 17.1 Å². The molecule has 0 bridgehead atoms. The van der Waals surface area contributed by atoms with Crippen molar-refractivity contribution in [2.75, 3.05) is 11.9 Å². The predicted octanol–water partition coefficient (Wildman–Crippen LogP) is 0.655. The number of aromatic amines is 1. The highest BCUT2D eigenvalue weighted by Crippen LogP contribution is 2.09. The molecule has 2 heterocycles. The van der Waals surface area contributed by atoms with E-state index < -0.39 is 0 Å². The molecule has 0 saturated heterocycles. The molecule has 0 aromatic carbocycles. The van der Waals surface area contributed by atoms with E-state index in [-0.39, 0.29) is 11.2 Å². The number of hydrogen-bond acceptors (Lipinski definition) is 4. The molecule has 0 spiro atoms. The van der Waals surface area contributed by atoms with Gasteiger partial charge in [0.25, 0.3) is 5.56 Å². The smallest absolute Gasteiger partial charge is 0.332 e. The molecule has 2 aromatic rings. The van der Waals surface area contributed by atoms with Gasteiger partial charge in [0.1, 0.15) is 0 Å². The number of hydrogen-bond donors (Lipinski definition) is 2. The first kappa shape index (κ1) is 13.4. The summed E-state index contributed by atoms with van der Waals surface area (Å²) in [4.78, 5) is 31.4. The maximum absolute atomic E-state index is 12.1. The Morgan fingerprint density at radius 2 is 2.05 bits per heavy atom. The number of rotatable bonds is 5. The fourth-order valence-corrected chi connectivity index (χ4v) is 2.00. The first-order valence-electron chi connectivity index (χ1n) is 6.53. The molecule has 0 aliphatic heterocycles. The lowest BCUT2D eigenvalue weighted by atomic mass is 10.3. The van der Waals surface area contributed by atoms with E-state index in [1.54, 1.807) is 4.57 Å². The van der Waals surface area contributed by atoms with Crippen molar-refractivity contribution < 1.29 is 0 Å². The number of nitrogens with one attached hydrogen (secondary N) is 2. The molecule has 2 rings (SSSR count). The molecular formula is C12H19N5O2. The summed E-state index contributed by atoms with van der Waals surface area (Å²) in [6.07, 6.45) is 1.85. The number of aromatic nitrogens is 4. The minimum absolute atomic E-state index is 0.319. The molecule has 0 amide bonds. The Labute approximate surface area is 110 Å². The SMILES string of the molecule is CCCCn1c(=O)n(C)c(=O)c2[nH]c(NCC)nc21. The molecule has 7 heteroatoms. The van der Waals surface area contributed by atoms with Crippen LogP contribution in [0.5, 0.6) is 0 Å². The van der Waals surface area contributed by atoms with Gasteiger partial charge in [0.05, 0.1) is 0 Å². The predicted molar refractivity (Wildman–Crippen MR) is 74.7 cm³/mol. The molecule has 0 aliphatic carbocycles. The van der Waals surface area contributed by atoms with Crippen LogP contribution in [0.4, 0.5) is 5.95 Å². The van der Waals surface area contributed by atoms with E-state index in [1.807, 2.05) is 6.92 Å². The van der Waals surface area contributed by atoms with E-state index in [1.165, 1.54) is 7.05 Å². The largest absolute Gasteiger partial charge is 0.356 e. The highest BCUT2D eigenvalue weighted by molar-refractivity contribution is 5.72. The van der Waals surface area contributed by atoms with E-state index >= 15 is 0 Å². The monoisotopic (exact) mass is 265 g/mol.